The largest absolute Gasteiger partial charge is 0.399 e. The summed E-state index contributed by atoms with van der Waals surface area (Å²) in [6, 6.07) is 4.68. The predicted octanol–water partition coefficient (Wildman–Crippen LogP) is 3.25. The lowest BCUT2D eigenvalue weighted by molar-refractivity contribution is 0.547. The van der Waals surface area contributed by atoms with E-state index in [9.17, 15) is 21.6 Å². The van der Waals surface area contributed by atoms with Crippen molar-refractivity contribution in [1.29, 1.82) is 0 Å². The molecule has 0 amide bonds. The zero-order valence-corrected chi connectivity index (χ0v) is 12.6. The molecule has 3 N–H and O–H groups in total. The second-order valence-electron chi connectivity index (χ2n) is 4.04. The van der Waals surface area contributed by atoms with Gasteiger partial charge in [0.15, 0.2) is 11.6 Å². The molecular formula is C12H8BrF3N2O2S. The molecule has 0 bridgehead atoms. The molecule has 112 valence electrons. The van der Waals surface area contributed by atoms with E-state index in [1.807, 2.05) is 0 Å². The van der Waals surface area contributed by atoms with Crippen LogP contribution in [0.4, 0.5) is 24.5 Å². The first-order valence-electron chi connectivity index (χ1n) is 5.43. The smallest absolute Gasteiger partial charge is 0.263 e. The number of hydrogen-bond acceptors (Lipinski definition) is 3. The molecule has 0 unspecified atom stereocenters. The highest BCUT2D eigenvalue weighted by molar-refractivity contribution is 9.10. The minimum absolute atomic E-state index is 0.152. The zero-order valence-electron chi connectivity index (χ0n) is 10.2. The summed E-state index contributed by atoms with van der Waals surface area (Å²) in [5.41, 5.74) is 4.67. The van der Waals surface area contributed by atoms with E-state index in [4.69, 9.17) is 5.73 Å². The van der Waals surface area contributed by atoms with Gasteiger partial charge in [-0.1, -0.05) is 0 Å². The van der Waals surface area contributed by atoms with E-state index in [2.05, 4.69) is 15.9 Å². The minimum Gasteiger partial charge on any atom is -0.399 e. The molecule has 2 aromatic carbocycles. The van der Waals surface area contributed by atoms with Crippen molar-refractivity contribution in [2.24, 2.45) is 0 Å². The number of nitrogens with one attached hydrogen (secondary N) is 1. The van der Waals surface area contributed by atoms with Crippen LogP contribution >= 0.6 is 15.9 Å². The van der Waals surface area contributed by atoms with Crippen LogP contribution in [0, 0.1) is 17.5 Å². The molecule has 2 rings (SSSR count). The maximum absolute atomic E-state index is 13.5. The fraction of sp³-hybridized carbons (Fsp3) is 0. The normalized spacial score (nSPS) is 11.4. The van der Waals surface area contributed by atoms with Crippen LogP contribution in [0.3, 0.4) is 0 Å². The van der Waals surface area contributed by atoms with Gasteiger partial charge in [0.25, 0.3) is 10.0 Å². The van der Waals surface area contributed by atoms with Crippen molar-refractivity contribution < 1.29 is 21.6 Å². The lowest BCUT2D eigenvalue weighted by Gasteiger charge is -2.11. The standard InChI is InChI=1S/C12H8BrF3N2O2S/c13-8-2-1-7(17)5-11(8)21(19,20)18-12-9(15)3-6(14)4-10(12)16/h1-5,18H,17H2. The highest BCUT2D eigenvalue weighted by atomic mass is 79.9. The van der Waals surface area contributed by atoms with Crippen LogP contribution in [-0.4, -0.2) is 8.42 Å². The Bertz CT molecular complexity index is 789. The average Bonchev–Trinajstić information content (AvgIpc) is 2.36. The van der Waals surface area contributed by atoms with Crippen molar-refractivity contribution in [2.75, 3.05) is 10.5 Å². The zero-order chi connectivity index (χ0) is 15.8. The van der Waals surface area contributed by atoms with Crippen molar-refractivity contribution in [1.82, 2.24) is 0 Å². The van der Waals surface area contributed by atoms with E-state index < -0.39 is 33.2 Å². The highest BCUT2D eigenvalue weighted by Gasteiger charge is 2.22. The molecule has 21 heavy (non-hydrogen) atoms. The number of nitrogen functional groups attached to an aromatic ring is 1. The second kappa shape index (κ2) is 5.57. The maximum atomic E-state index is 13.5. The van der Waals surface area contributed by atoms with Gasteiger partial charge in [-0.3, -0.25) is 4.72 Å². The molecule has 0 spiro atoms. The maximum Gasteiger partial charge on any atom is 0.263 e. The molecule has 0 aliphatic carbocycles. The summed E-state index contributed by atoms with van der Waals surface area (Å²) in [4.78, 5) is -0.300. The van der Waals surface area contributed by atoms with Crippen molar-refractivity contribution >= 4 is 37.3 Å². The van der Waals surface area contributed by atoms with E-state index in [1.54, 1.807) is 4.72 Å². The first-order chi connectivity index (χ1) is 9.70. The Kier molecular flexibility index (Phi) is 4.15. The summed E-state index contributed by atoms with van der Waals surface area (Å²) in [7, 11) is -4.30. The molecule has 0 heterocycles. The van der Waals surface area contributed by atoms with Gasteiger partial charge in [0, 0.05) is 22.3 Å². The van der Waals surface area contributed by atoms with Crippen molar-refractivity contribution in [2.45, 2.75) is 4.90 Å². The topological polar surface area (TPSA) is 72.2 Å². The van der Waals surface area contributed by atoms with E-state index >= 15 is 0 Å². The van der Waals surface area contributed by atoms with E-state index in [0.29, 0.717) is 12.1 Å². The molecule has 9 heteroatoms. The summed E-state index contributed by atoms with van der Waals surface area (Å²) in [5, 5.41) is 0. The molecule has 2 aromatic rings. The quantitative estimate of drug-likeness (QED) is 0.802. The van der Waals surface area contributed by atoms with Gasteiger partial charge >= 0.3 is 0 Å². The van der Waals surface area contributed by atoms with Crippen LogP contribution in [-0.2, 0) is 10.0 Å². The average molecular weight is 381 g/mol. The number of benzene rings is 2. The van der Waals surface area contributed by atoms with E-state index in [1.165, 1.54) is 12.1 Å². The summed E-state index contributed by atoms with van der Waals surface area (Å²) in [6.07, 6.45) is 0. The first-order valence-corrected chi connectivity index (χ1v) is 7.71. The van der Waals surface area contributed by atoms with Crippen LogP contribution in [0.5, 0.6) is 0 Å². The molecule has 0 saturated heterocycles. The molecular weight excluding hydrogens is 373 g/mol. The Balaban J connectivity index is 2.50. The van der Waals surface area contributed by atoms with Gasteiger partial charge in [0.1, 0.15) is 16.4 Å². The number of rotatable bonds is 3. The Morgan fingerprint density at radius 3 is 2.19 bits per heavy atom. The number of sulfonamides is 1. The highest BCUT2D eigenvalue weighted by Crippen LogP contribution is 2.28. The number of hydrogen-bond donors (Lipinski definition) is 2. The molecule has 4 nitrogen and oxygen atoms in total. The SMILES string of the molecule is Nc1ccc(Br)c(S(=O)(=O)Nc2c(F)cc(F)cc2F)c1. The lowest BCUT2D eigenvalue weighted by atomic mass is 10.3. The summed E-state index contributed by atoms with van der Waals surface area (Å²) in [6.45, 7) is 0. The van der Waals surface area contributed by atoms with Crippen LogP contribution in [0.2, 0.25) is 0 Å². The second-order valence-corrected chi connectivity index (χ2v) is 6.54. The van der Waals surface area contributed by atoms with Crippen LogP contribution in [0.25, 0.3) is 0 Å². The third-order valence-corrected chi connectivity index (χ3v) is 4.83. The van der Waals surface area contributed by atoms with Crippen LogP contribution in [0.1, 0.15) is 0 Å². The third-order valence-electron chi connectivity index (χ3n) is 2.49. The molecule has 0 aliphatic rings. The summed E-state index contributed by atoms with van der Waals surface area (Å²) < 4.78 is 66.0. The third kappa shape index (κ3) is 3.30. The van der Waals surface area contributed by atoms with Crippen LogP contribution < -0.4 is 10.5 Å². The lowest BCUT2D eigenvalue weighted by Crippen LogP contribution is -2.16. The Labute approximate surface area is 127 Å². The monoisotopic (exact) mass is 380 g/mol. The van der Waals surface area contributed by atoms with Gasteiger partial charge in [0.05, 0.1) is 0 Å². The molecule has 0 atom stereocenters. The minimum atomic E-state index is -4.30. The number of anilines is 2. The van der Waals surface area contributed by atoms with Gasteiger partial charge < -0.3 is 5.73 Å². The van der Waals surface area contributed by atoms with E-state index in [-0.39, 0.29) is 15.1 Å². The Hall–Kier alpha value is -1.74. The van der Waals surface area contributed by atoms with Crippen molar-refractivity contribution in [3.05, 3.63) is 52.3 Å². The Morgan fingerprint density at radius 1 is 1.05 bits per heavy atom. The number of halogens is 4. The fourth-order valence-electron chi connectivity index (χ4n) is 1.55. The van der Waals surface area contributed by atoms with Crippen molar-refractivity contribution in [3.63, 3.8) is 0 Å². The van der Waals surface area contributed by atoms with Gasteiger partial charge in [-0.05, 0) is 34.1 Å². The van der Waals surface area contributed by atoms with Gasteiger partial charge in [-0.25, -0.2) is 21.6 Å². The molecule has 0 saturated carbocycles. The Morgan fingerprint density at radius 2 is 1.62 bits per heavy atom. The summed E-state index contributed by atoms with van der Waals surface area (Å²) in [5.74, 6) is -3.88. The molecule has 0 radical (unpaired) electrons. The number of nitrogens with two attached hydrogens (primary N) is 1. The molecule has 0 fully saturated rings. The van der Waals surface area contributed by atoms with Gasteiger partial charge in [-0.2, -0.15) is 0 Å². The summed E-state index contributed by atoms with van der Waals surface area (Å²) >= 11 is 3.01. The molecule has 0 aromatic heterocycles. The first kappa shape index (κ1) is 15.6. The van der Waals surface area contributed by atoms with E-state index in [0.717, 1.165) is 6.07 Å². The predicted molar refractivity (Wildman–Crippen MR) is 75.7 cm³/mol. The van der Waals surface area contributed by atoms with Crippen LogP contribution in [0.15, 0.2) is 39.7 Å². The van der Waals surface area contributed by atoms with Crippen molar-refractivity contribution in [3.8, 4) is 0 Å². The van der Waals surface area contributed by atoms with Gasteiger partial charge in [-0.15, -0.1) is 0 Å². The molecule has 0 aliphatic heterocycles. The fourth-order valence-corrected chi connectivity index (χ4v) is 3.63. The van der Waals surface area contributed by atoms with Gasteiger partial charge in [0.2, 0.25) is 0 Å².